The van der Waals surface area contributed by atoms with Crippen LogP contribution in [-0.2, 0) is 0 Å². The van der Waals surface area contributed by atoms with Crippen molar-refractivity contribution in [2.75, 3.05) is 12.3 Å². The second-order valence-corrected chi connectivity index (χ2v) is 5.19. The normalized spacial score (nSPS) is 13.5. The molecule has 0 saturated heterocycles. The van der Waals surface area contributed by atoms with Crippen LogP contribution in [0.3, 0.4) is 0 Å². The van der Waals surface area contributed by atoms with Crippen LogP contribution in [0, 0.1) is 0 Å². The van der Waals surface area contributed by atoms with Gasteiger partial charge in [0.15, 0.2) is 0 Å². The Hall–Kier alpha value is -2.09. The van der Waals surface area contributed by atoms with Gasteiger partial charge < -0.3 is 5.73 Å². The van der Waals surface area contributed by atoms with E-state index >= 15 is 0 Å². The van der Waals surface area contributed by atoms with Gasteiger partial charge >= 0.3 is 0 Å². The number of nitrogens with two attached hydrogens (primary N) is 1. The minimum atomic E-state index is 0.759. The maximum Gasteiger partial charge on any atom is 0.0415 e. The summed E-state index contributed by atoms with van der Waals surface area (Å²) in [7, 11) is 0. The van der Waals surface area contributed by atoms with Crippen LogP contribution in [-0.4, -0.2) is 12.8 Å². The highest BCUT2D eigenvalue weighted by atomic mass is 14.7. The Kier molecular flexibility index (Phi) is 7.38. The number of aliphatic imine (C=N–C) groups is 1. The molecule has 2 heteroatoms. The second kappa shape index (κ2) is 9.04. The molecule has 2 N–H and O–H groups in total. The third-order valence-corrected chi connectivity index (χ3v) is 3.53. The van der Waals surface area contributed by atoms with E-state index in [2.05, 4.69) is 50.1 Å². The molecule has 0 aliphatic carbocycles. The molecule has 0 radical (unpaired) electrons. The first kappa shape index (κ1) is 18.0. The quantitative estimate of drug-likeness (QED) is 0.420. The Labute approximate surface area is 135 Å². The first-order valence-electron chi connectivity index (χ1n) is 7.98. The number of hydrogen-bond donors (Lipinski definition) is 1. The Morgan fingerprint density at radius 2 is 1.95 bits per heavy atom. The number of anilines is 1. The molecule has 0 saturated carbocycles. The lowest BCUT2D eigenvalue weighted by Crippen LogP contribution is -2.00. The van der Waals surface area contributed by atoms with Crippen molar-refractivity contribution in [2.45, 2.75) is 41.0 Å². The van der Waals surface area contributed by atoms with E-state index in [1.165, 1.54) is 11.1 Å². The van der Waals surface area contributed by atoms with Gasteiger partial charge in [-0.3, -0.25) is 4.99 Å². The second-order valence-electron chi connectivity index (χ2n) is 5.19. The van der Waals surface area contributed by atoms with Gasteiger partial charge in [0, 0.05) is 24.0 Å². The summed E-state index contributed by atoms with van der Waals surface area (Å²) in [6, 6.07) is 4.24. The van der Waals surface area contributed by atoms with E-state index in [0.717, 1.165) is 35.3 Å². The summed E-state index contributed by atoms with van der Waals surface area (Å²) in [5.41, 5.74) is 12.8. The van der Waals surface area contributed by atoms with Crippen molar-refractivity contribution >= 4 is 23.6 Å². The van der Waals surface area contributed by atoms with E-state index in [-0.39, 0.29) is 0 Å². The molecule has 22 heavy (non-hydrogen) atoms. The molecule has 0 aromatic heterocycles. The fourth-order valence-corrected chi connectivity index (χ4v) is 2.54. The molecule has 0 spiro atoms. The molecule has 118 valence electrons. The van der Waals surface area contributed by atoms with Gasteiger partial charge in [-0.25, -0.2) is 0 Å². The molecule has 0 bridgehead atoms. The van der Waals surface area contributed by atoms with Crippen molar-refractivity contribution in [1.29, 1.82) is 0 Å². The average Bonchev–Trinajstić information content (AvgIpc) is 2.48. The molecular formula is C20H28N2. The molecule has 2 nitrogen and oxygen atoms in total. The highest BCUT2D eigenvalue weighted by Gasteiger charge is 2.09. The van der Waals surface area contributed by atoms with Crippen LogP contribution in [0.2, 0.25) is 0 Å². The maximum atomic E-state index is 6.29. The first-order chi connectivity index (χ1) is 10.6. The Balaban J connectivity index is 3.47. The highest BCUT2D eigenvalue weighted by Crippen LogP contribution is 2.29. The van der Waals surface area contributed by atoms with Crippen LogP contribution in [0.1, 0.15) is 57.7 Å². The van der Waals surface area contributed by atoms with Crippen molar-refractivity contribution < 1.29 is 0 Å². The summed E-state index contributed by atoms with van der Waals surface area (Å²) in [5, 5.41) is 0. The van der Waals surface area contributed by atoms with E-state index in [1.807, 2.05) is 32.2 Å². The molecule has 0 atom stereocenters. The molecule has 0 amide bonds. The lowest BCUT2D eigenvalue weighted by molar-refractivity contribution is 1.14. The summed E-state index contributed by atoms with van der Waals surface area (Å²) in [5.74, 6) is 0. The lowest BCUT2D eigenvalue weighted by Gasteiger charge is -2.13. The van der Waals surface area contributed by atoms with Crippen molar-refractivity contribution in [2.24, 2.45) is 4.99 Å². The third kappa shape index (κ3) is 4.45. The summed E-state index contributed by atoms with van der Waals surface area (Å²) < 4.78 is 0. The SMILES string of the molecule is C/C=C/c1cc(C(=C/C)/C(C)=C\CC)cc(N)c1C=NCC. The van der Waals surface area contributed by atoms with Crippen molar-refractivity contribution in [1.82, 2.24) is 0 Å². The zero-order chi connectivity index (χ0) is 16.5. The standard InChI is InChI=1S/C20H28N2/c1-6-10-15(5)18(8-3)17-12-16(11-7-2)19(14-22-9-4)20(21)13-17/h7-8,10-14H,6,9,21H2,1-5H3/b11-7+,15-10-,18-8+,22-14?. The van der Waals surface area contributed by atoms with Gasteiger partial charge in [-0.05, 0) is 68.5 Å². The van der Waals surface area contributed by atoms with E-state index < -0.39 is 0 Å². The minimum absolute atomic E-state index is 0.759. The molecule has 0 heterocycles. The largest absolute Gasteiger partial charge is 0.398 e. The zero-order valence-corrected chi connectivity index (χ0v) is 14.5. The molecule has 1 aromatic rings. The highest BCUT2D eigenvalue weighted by molar-refractivity contribution is 5.94. The van der Waals surface area contributed by atoms with Crippen LogP contribution in [0.25, 0.3) is 11.6 Å². The van der Waals surface area contributed by atoms with Gasteiger partial charge in [-0.2, -0.15) is 0 Å². The van der Waals surface area contributed by atoms with Crippen LogP contribution >= 0.6 is 0 Å². The third-order valence-electron chi connectivity index (χ3n) is 3.53. The Morgan fingerprint density at radius 1 is 1.23 bits per heavy atom. The van der Waals surface area contributed by atoms with Crippen LogP contribution in [0.5, 0.6) is 0 Å². The first-order valence-corrected chi connectivity index (χ1v) is 7.98. The van der Waals surface area contributed by atoms with Crippen molar-refractivity contribution in [3.05, 3.63) is 52.6 Å². The van der Waals surface area contributed by atoms with E-state index in [1.54, 1.807) is 0 Å². The number of hydrogen-bond acceptors (Lipinski definition) is 2. The van der Waals surface area contributed by atoms with Gasteiger partial charge in [0.25, 0.3) is 0 Å². The number of nitrogens with zero attached hydrogens (tertiary/aromatic N) is 1. The lowest BCUT2D eigenvalue weighted by atomic mass is 9.93. The molecular weight excluding hydrogens is 268 g/mol. The predicted octanol–water partition coefficient (Wildman–Crippen LogP) is 5.50. The molecule has 0 aliphatic heterocycles. The summed E-state index contributed by atoms with van der Waals surface area (Å²) >= 11 is 0. The van der Waals surface area contributed by atoms with Crippen LogP contribution in [0.4, 0.5) is 5.69 Å². The monoisotopic (exact) mass is 296 g/mol. The van der Waals surface area contributed by atoms with E-state index in [4.69, 9.17) is 5.73 Å². The van der Waals surface area contributed by atoms with Crippen molar-refractivity contribution in [3.8, 4) is 0 Å². The fraction of sp³-hybridized carbons (Fsp3) is 0.350. The van der Waals surface area contributed by atoms with Crippen LogP contribution < -0.4 is 5.73 Å². The molecule has 1 aromatic carbocycles. The van der Waals surface area contributed by atoms with Gasteiger partial charge in [0.1, 0.15) is 0 Å². The maximum absolute atomic E-state index is 6.29. The van der Waals surface area contributed by atoms with Gasteiger partial charge in [-0.1, -0.05) is 31.2 Å². The van der Waals surface area contributed by atoms with Gasteiger partial charge in [0.2, 0.25) is 0 Å². The molecule has 0 aliphatic rings. The van der Waals surface area contributed by atoms with Gasteiger partial charge in [0.05, 0.1) is 0 Å². The minimum Gasteiger partial charge on any atom is -0.398 e. The average molecular weight is 296 g/mol. The predicted molar refractivity (Wildman–Crippen MR) is 101 cm³/mol. The topological polar surface area (TPSA) is 38.4 Å². The summed E-state index contributed by atoms with van der Waals surface area (Å²) in [6.07, 6.45) is 11.4. The fourth-order valence-electron chi connectivity index (χ4n) is 2.54. The van der Waals surface area contributed by atoms with Crippen LogP contribution in [0.15, 0.2) is 40.9 Å². The zero-order valence-electron chi connectivity index (χ0n) is 14.5. The smallest absolute Gasteiger partial charge is 0.0415 e. The number of nitrogen functional groups attached to an aromatic ring is 1. The number of allylic oxidation sites excluding steroid dienone is 5. The summed E-state index contributed by atoms with van der Waals surface area (Å²) in [6.45, 7) is 11.2. The Bertz CT molecular complexity index is 617. The summed E-state index contributed by atoms with van der Waals surface area (Å²) in [4.78, 5) is 4.34. The van der Waals surface area contributed by atoms with E-state index in [0.29, 0.717) is 0 Å². The van der Waals surface area contributed by atoms with Gasteiger partial charge in [-0.15, -0.1) is 0 Å². The van der Waals surface area contributed by atoms with E-state index in [9.17, 15) is 0 Å². The van der Waals surface area contributed by atoms with Crippen molar-refractivity contribution in [3.63, 3.8) is 0 Å². The molecule has 0 fully saturated rings. The molecule has 1 rings (SSSR count). The Morgan fingerprint density at radius 3 is 2.50 bits per heavy atom. The molecule has 0 unspecified atom stereocenters. The number of rotatable bonds is 6. The number of benzene rings is 1.